The van der Waals surface area contributed by atoms with E-state index >= 15 is 0 Å². The van der Waals surface area contributed by atoms with Gasteiger partial charge in [0.2, 0.25) is 0 Å². The Kier molecular flexibility index (Phi) is 5.68. The van der Waals surface area contributed by atoms with Gasteiger partial charge in [-0.2, -0.15) is 0 Å². The van der Waals surface area contributed by atoms with Crippen molar-refractivity contribution in [2.75, 3.05) is 0 Å². The van der Waals surface area contributed by atoms with Crippen molar-refractivity contribution < 1.29 is 4.74 Å². The number of guanidine groups is 1. The maximum absolute atomic E-state index is 6.16. The molecular weight excluding hydrogens is 330 g/mol. The van der Waals surface area contributed by atoms with E-state index < -0.39 is 0 Å². The number of nitrogens with zero attached hydrogens (tertiary/aromatic N) is 1. The summed E-state index contributed by atoms with van der Waals surface area (Å²) in [6, 6.07) is 5.90. The molecule has 0 bridgehead atoms. The Labute approximate surface area is 136 Å². The van der Waals surface area contributed by atoms with Crippen molar-refractivity contribution in [2.45, 2.75) is 53.2 Å². The van der Waals surface area contributed by atoms with Crippen molar-refractivity contribution in [1.29, 1.82) is 0 Å². The van der Waals surface area contributed by atoms with Gasteiger partial charge in [-0.3, -0.25) is 0 Å². The fourth-order valence-corrected chi connectivity index (χ4v) is 3.03. The number of ether oxygens (including phenoxy) is 1. The highest BCUT2D eigenvalue weighted by atomic mass is 79.9. The van der Waals surface area contributed by atoms with E-state index in [2.05, 4.69) is 55.5 Å². The largest absolute Gasteiger partial charge is 0.487 e. The lowest BCUT2D eigenvalue weighted by Crippen LogP contribution is -2.33. The molecule has 0 fully saturated rings. The van der Waals surface area contributed by atoms with Crippen molar-refractivity contribution in [2.24, 2.45) is 21.9 Å². The molecule has 4 nitrogen and oxygen atoms in total. The monoisotopic (exact) mass is 355 g/mol. The van der Waals surface area contributed by atoms with Gasteiger partial charge in [0.05, 0.1) is 11.0 Å². The zero-order valence-electron chi connectivity index (χ0n) is 13.5. The summed E-state index contributed by atoms with van der Waals surface area (Å²) in [4.78, 5) is 4.00. The van der Waals surface area contributed by atoms with E-state index in [0.717, 1.165) is 22.2 Å². The number of rotatable bonds is 5. The molecule has 1 aromatic rings. The highest BCUT2D eigenvalue weighted by Gasteiger charge is 2.27. The summed E-state index contributed by atoms with van der Waals surface area (Å²) in [6.07, 6.45) is 0.961. The molecule has 0 aliphatic carbocycles. The van der Waals surface area contributed by atoms with Gasteiger partial charge in [0.25, 0.3) is 0 Å². The zero-order chi connectivity index (χ0) is 16.3. The third kappa shape index (κ3) is 6.85. The lowest BCUT2D eigenvalue weighted by atomic mass is 9.83. The fraction of sp³-hybridized carbons (Fsp3) is 0.562. The zero-order valence-corrected chi connectivity index (χ0v) is 15.1. The van der Waals surface area contributed by atoms with Gasteiger partial charge >= 0.3 is 0 Å². The minimum Gasteiger partial charge on any atom is -0.487 e. The molecule has 0 unspecified atom stereocenters. The number of halogens is 1. The molecule has 0 aromatic heterocycles. The van der Waals surface area contributed by atoms with Crippen molar-refractivity contribution >= 4 is 21.9 Å². The lowest BCUT2D eigenvalue weighted by Gasteiger charge is -2.33. The molecular formula is C16H26BrN3O. The molecule has 21 heavy (non-hydrogen) atoms. The van der Waals surface area contributed by atoms with Gasteiger partial charge in [-0.1, -0.05) is 26.8 Å². The molecule has 0 heterocycles. The van der Waals surface area contributed by atoms with Crippen LogP contribution in [-0.4, -0.2) is 11.6 Å². The summed E-state index contributed by atoms with van der Waals surface area (Å²) in [7, 11) is 0. The first-order chi connectivity index (χ1) is 9.48. The summed E-state index contributed by atoms with van der Waals surface area (Å²) >= 11 is 3.55. The van der Waals surface area contributed by atoms with Crippen LogP contribution in [0.5, 0.6) is 5.75 Å². The maximum atomic E-state index is 6.16. The predicted molar refractivity (Wildman–Crippen MR) is 92.4 cm³/mol. The Morgan fingerprint density at radius 1 is 1.19 bits per heavy atom. The number of hydrogen-bond acceptors (Lipinski definition) is 2. The lowest BCUT2D eigenvalue weighted by molar-refractivity contribution is 0.0614. The van der Waals surface area contributed by atoms with Crippen LogP contribution in [0.2, 0.25) is 0 Å². The van der Waals surface area contributed by atoms with E-state index in [-0.39, 0.29) is 17.0 Å². The molecule has 0 saturated carbocycles. The highest BCUT2D eigenvalue weighted by Crippen LogP contribution is 2.34. The van der Waals surface area contributed by atoms with E-state index in [1.807, 2.05) is 18.2 Å². The Morgan fingerprint density at radius 3 is 2.29 bits per heavy atom. The van der Waals surface area contributed by atoms with Gasteiger partial charge in [0.15, 0.2) is 5.96 Å². The second-order valence-corrected chi connectivity index (χ2v) is 7.96. The topological polar surface area (TPSA) is 73.6 Å². The van der Waals surface area contributed by atoms with Gasteiger partial charge in [0, 0.05) is 0 Å². The Balaban J connectivity index is 2.83. The molecule has 118 valence electrons. The van der Waals surface area contributed by atoms with Crippen LogP contribution >= 0.6 is 15.9 Å². The van der Waals surface area contributed by atoms with Crippen LogP contribution in [0.15, 0.2) is 27.7 Å². The van der Waals surface area contributed by atoms with Crippen molar-refractivity contribution in [3.63, 3.8) is 0 Å². The van der Waals surface area contributed by atoms with E-state index in [0.29, 0.717) is 6.54 Å². The molecule has 0 aliphatic rings. The summed E-state index contributed by atoms with van der Waals surface area (Å²) < 4.78 is 7.07. The molecule has 0 spiro atoms. The number of nitrogens with two attached hydrogens (primary N) is 2. The minimum absolute atomic E-state index is 0.0951. The van der Waals surface area contributed by atoms with Gasteiger partial charge in [0.1, 0.15) is 11.4 Å². The van der Waals surface area contributed by atoms with Crippen molar-refractivity contribution in [3.05, 3.63) is 28.2 Å². The average molecular weight is 356 g/mol. The van der Waals surface area contributed by atoms with Crippen LogP contribution < -0.4 is 16.2 Å². The molecule has 1 rings (SSSR count). The van der Waals surface area contributed by atoms with E-state index in [1.165, 1.54) is 0 Å². The van der Waals surface area contributed by atoms with Crippen LogP contribution in [0, 0.1) is 5.41 Å². The van der Waals surface area contributed by atoms with Crippen LogP contribution in [0.1, 0.15) is 46.6 Å². The van der Waals surface area contributed by atoms with Gasteiger partial charge < -0.3 is 16.2 Å². The van der Waals surface area contributed by atoms with Gasteiger partial charge in [-0.15, -0.1) is 0 Å². The predicted octanol–water partition coefficient (Wildman–Crippen LogP) is 3.82. The number of aliphatic imine (C=N–C) groups is 1. The molecule has 0 radical (unpaired) electrons. The van der Waals surface area contributed by atoms with Crippen LogP contribution in [0.25, 0.3) is 0 Å². The SMILES string of the molecule is CC(C)(C)CC(C)(C)Oc1ccc(CN=C(N)N)cc1Br. The molecule has 0 saturated heterocycles. The average Bonchev–Trinajstić information content (AvgIpc) is 2.26. The number of hydrogen-bond donors (Lipinski definition) is 2. The van der Waals surface area contributed by atoms with Gasteiger partial charge in [-0.05, 0) is 59.3 Å². The van der Waals surface area contributed by atoms with Crippen LogP contribution in [0.3, 0.4) is 0 Å². The van der Waals surface area contributed by atoms with Crippen molar-refractivity contribution in [3.8, 4) is 5.75 Å². The third-order valence-corrected chi connectivity index (χ3v) is 3.40. The third-order valence-electron chi connectivity index (χ3n) is 2.78. The van der Waals surface area contributed by atoms with Crippen LogP contribution in [0.4, 0.5) is 0 Å². The smallest absolute Gasteiger partial charge is 0.186 e. The second-order valence-electron chi connectivity index (χ2n) is 7.11. The first-order valence-corrected chi connectivity index (χ1v) is 7.81. The molecule has 5 heteroatoms. The van der Waals surface area contributed by atoms with E-state index in [4.69, 9.17) is 16.2 Å². The van der Waals surface area contributed by atoms with E-state index in [9.17, 15) is 0 Å². The quantitative estimate of drug-likeness (QED) is 0.622. The normalized spacial score (nSPS) is 12.1. The minimum atomic E-state index is -0.234. The second kappa shape index (κ2) is 6.69. The molecule has 1 aromatic carbocycles. The molecule has 0 aliphatic heterocycles. The summed E-state index contributed by atoms with van der Waals surface area (Å²) in [5, 5.41) is 0. The molecule has 0 amide bonds. The summed E-state index contributed by atoms with van der Waals surface area (Å²) in [5.41, 5.74) is 11.7. The Hall–Kier alpha value is -1.23. The first-order valence-electron chi connectivity index (χ1n) is 7.01. The maximum Gasteiger partial charge on any atom is 0.186 e. The van der Waals surface area contributed by atoms with Gasteiger partial charge in [-0.25, -0.2) is 4.99 Å². The Morgan fingerprint density at radius 2 is 1.81 bits per heavy atom. The molecule has 4 N–H and O–H groups in total. The highest BCUT2D eigenvalue weighted by molar-refractivity contribution is 9.10. The number of benzene rings is 1. The summed E-state index contributed by atoms with van der Waals surface area (Å²) in [6.45, 7) is 11.3. The standard InChI is InChI=1S/C16H26BrN3O/c1-15(2,3)10-16(4,5)21-13-7-6-11(8-12(13)17)9-20-14(18)19/h6-8H,9-10H2,1-5H3,(H4,18,19,20). The van der Waals surface area contributed by atoms with Crippen molar-refractivity contribution in [1.82, 2.24) is 0 Å². The summed E-state index contributed by atoms with van der Waals surface area (Å²) in [5.74, 6) is 0.926. The Bertz CT molecular complexity index is 515. The molecule has 0 atom stereocenters. The van der Waals surface area contributed by atoms with E-state index in [1.54, 1.807) is 0 Å². The fourth-order valence-electron chi connectivity index (χ4n) is 2.52. The first kappa shape index (κ1) is 17.8. The van der Waals surface area contributed by atoms with Crippen LogP contribution in [-0.2, 0) is 6.54 Å².